The van der Waals surface area contributed by atoms with E-state index in [9.17, 15) is 19.8 Å². The normalized spacial score (nSPS) is 49.0. The molecule has 4 nitrogen and oxygen atoms in total. The molecule has 2 N–H and O–H groups in total. The lowest BCUT2D eigenvalue weighted by Gasteiger charge is -2.58. The predicted octanol–water partition coefficient (Wildman–Crippen LogP) is 3.58. The van der Waals surface area contributed by atoms with E-state index < -0.39 is 5.97 Å². The van der Waals surface area contributed by atoms with Crippen molar-refractivity contribution < 1.29 is 19.8 Å². The molecule has 0 aromatic heterocycles. The molecule has 0 saturated heterocycles. The first-order valence-corrected chi connectivity index (χ1v) is 9.89. The Morgan fingerprint density at radius 3 is 2.72 bits per heavy atom. The highest BCUT2D eigenvalue weighted by Gasteiger charge is 2.61. The molecule has 0 aromatic rings. The van der Waals surface area contributed by atoms with Gasteiger partial charge in [-0.1, -0.05) is 19.4 Å². The molecule has 0 spiro atoms. The molecular formula is C21H30O4. The summed E-state index contributed by atoms with van der Waals surface area (Å²) >= 11 is 0. The van der Waals surface area contributed by atoms with E-state index in [0.29, 0.717) is 30.6 Å². The number of aliphatic hydroxyl groups is 1. The summed E-state index contributed by atoms with van der Waals surface area (Å²) in [7, 11) is 0. The third-order valence-corrected chi connectivity index (χ3v) is 8.49. The van der Waals surface area contributed by atoms with Gasteiger partial charge in [-0.3, -0.25) is 9.59 Å². The minimum atomic E-state index is -0.741. The number of hydrogen-bond acceptors (Lipinski definition) is 3. The van der Waals surface area contributed by atoms with Crippen LogP contribution in [0.4, 0.5) is 0 Å². The van der Waals surface area contributed by atoms with Gasteiger partial charge in [-0.25, -0.2) is 0 Å². The molecule has 3 saturated carbocycles. The summed E-state index contributed by atoms with van der Waals surface area (Å²) in [6, 6.07) is 0. The van der Waals surface area contributed by atoms with Gasteiger partial charge in [-0.05, 0) is 79.1 Å². The molecule has 7 atom stereocenters. The van der Waals surface area contributed by atoms with Crippen molar-refractivity contribution in [2.45, 2.75) is 71.3 Å². The van der Waals surface area contributed by atoms with Gasteiger partial charge in [-0.2, -0.15) is 0 Å². The van der Waals surface area contributed by atoms with E-state index in [4.69, 9.17) is 0 Å². The van der Waals surface area contributed by atoms with Gasteiger partial charge in [0.1, 0.15) is 0 Å². The van der Waals surface area contributed by atoms with Crippen LogP contribution in [0, 0.1) is 34.5 Å². The number of carbonyl (C=O) groups excluding carboxylic acids is 1. The van der Waals surface area contributed by atoms with Gasteiger partial charge in [0, 0.05) is 12.8 Å². The number of aliphatic carboxylic acids is 1. The maximum Gasteiger partial charge on any atom is 0.303 e. The largest absolute Gasteiger partial charge is 0.481 e. The number of ketones is 1. The number of carboxylic acid groups (broad SMARTS) is 1. The van der Waals surface area contributed by atoms with Crippen molar-refractivity contribution in [1.82, 2.24) is 0 Å². The van der Waals surface area contributed by atoms with Crippen molar-refractivity contribution in [2.24, 2.45) is 34.5 Å². The highest BCUT2D eigenvalue weighted by molar-refractivity contribution is 5.91. The van der Waals surface area contributed by atoms with Gasteiger partial charge in [0.05, 0.1) is 6.10 Å². The number of fused-ring (bicyclic) bond motifs is 5. The van der Waals surface area contributed by atoms with Gasteiger partial charge in [0.25, 0.3) is 0 Å². The summed E-state index contributed by atoms with van der Waals surface area (Å²) in [5.74, 6) is 0.926. The highest BCUT2D eigenvalue weighted by atomic mass is 16.4. The standard InChI is InChI=1S/C21H30O4/c1-20-7-5-14(22)11-13(20)3-4-15-16(20)6-8-21(2)17(23)9-12(19(15)21)10-18(24)25/h11-12,15-17,19,23H,3-10H2,1-2H3,(H,24,25)/t12-,15+,16-,17-,19-,20-,21+/m0/s1. The second-order valence-corrected chi connectivity index (χ2v) is 9.54. The molecule has 4 rings (SSSR count). The Hall–Kier alpha value is -1.16. The zero-order valence-corrected chi connectivity index (χ0v) is 15.3. The number of hydrogen-bond donors (Lipinski definition) is 2. The van der Waals surface area contributed by atoms with Crippen LogP contribution in [0.3, 0.4) is 0 Å². The Kier molecular flexibility index (Phi) is 3.91. The van der Waals surface area contributed by atoms with Gasteiger partial charge in [0.2, 0.25) is 0 Å². The molecule has 0 aromatic carbocycles. The van der Waals surface area contributed by atoms with Crippen molar-refractivity contribution in [3.63, 3.8) is 0 Å². The molecule has 0 heterocycles. The fourth-order valence-electron chi connectivity index (χ4n) is 7.25. The molecule has 138 valence electrons. The third-order valence-electron chi connectivity index (χ3n) is 8.49. The minimum absolute atomic E-state index is 0.0876. The van der Waals surface area contributed by atoms with E-state index in [-0.39, 0.29) is 35.1 Å². The van der Waals surface area contributed by atoms with Crippen LogP contribution >= 0.6 is 0 Å². The summed E-state index contributed by atoms with van der Waals surface area (Å²) in [4.78, 5) is 23.3. The van der Waals surface area contributed by atoms with Crippen LogP contribution < -0.4 is 0 Å². The first-order chi connectivity index (χ1) is 11.8. The van der Waals surface area contributed by atoms with Gasteiger partial charge >= 0.3 is 5.97 Å². The zero-order valence-electron chi connectivity index (χ0n) is 15.3. The molecule has 0 bridgehead atoms. The monoisotopic (exact) mass is 346 g/mol. The molecule has 0 amide bonds. The second kappa shape index (κ2) is 5.67. The summed E-state index contributed by atoms with van der Waals surface area (Å²) in [5.41, 5.74) is 1.30. The first-order valence-electron chi connectivity index (χ1n) is 9.89. The van der Waals surface area contributed by atoms with Gasteiger partial charge in [0.15, 0.2) is 5.78 Å². The van der Waals surface area contributed by atoms with Crippen LogP contribution in [-0.4, -0.2) is 28.1 Å². The Morgan fingerprint density at radius 1 is 1.24 bits per heavy atom. The van der Waals surface area contributed by atoms with Crippen LogP contribution in [0.2, 0.25) is 0 Å². The number of aliphatic hydroxyl groups excluding tert-OH is 1. The van der Waals surface area contributed by atoms with Crippen molar-refractivity contribution in [3.8, 4) is 0 Å². The van der Waals surface area contributed by atoms with E-state index in [1.165, 1.54) is 5.57 Å². The van der Waals surface area contributed by atoms with Crippen molar-refractivity contribution in [1.29, 1.82) is 0 Å². The zero-order chi connectivity index (χ0) is 18.0. The lowest BCUT2D eigenvalue weighted by atomic mass is 9.46. The van der Waals surface area contributed by atoms with Gasteiger partial charge < -0.3 is 10.2 Å². The molecule has 25 heavy (non-hydrogen) atoms. The molecular weight excluding hydrogens is 316 g/mol. The number of rotatable bonds is 2. The number of carbonyl (C=O) groups is 2. The smallest absolute Gasteiger partial charge is 0.303 e. The summed E-state index contributed by atoms with van der Waals surface area (Å²) in [5, 5.41) is 20.1. The quantitative estimate of drug-likeness (QED) is 0.801. The average Bonchev–Trinajstić information content (AvgIpc) is 2.78. The van der Waals surface area contributed by atoms with Crippen molar-refractivity contribution in [3.05, 3.63) is 11.6 Å². The van der Waals surface area contributed by atoms with Crippen LogP contribution in [0.5, 0.6) is 0 Å². The maximum absolute atomic E-state index is 11.9. The van der Waals surface area contributed by atoms with Crippen molar-refractivity contribution in [2.75, 3.05) is 0 Å². The molecule has 0 radical (unpaired) electrons. The van der Waals surface area contributed by atoms with E-state index in [2.05, 4.69) is 13.8 Å². The number of allylic oxidation sites excluding steroid dienone is 1. The first kappa shape index (κ1) is 17.3. The van der Waals surface area contributed by atoms with Crippen molar-refractivity contribution >= 4 is 11.8 Å². The molecule has 4 aliphatic rings. The fraction of sp³-hybridized carbons (Fsp3) is 0.810. The van der Waals surface area contributed by atoms with E-state index in [1.54, 1.807) is 0 Å². The molecule has 4 heteroatoms. The Morgan fingerprint density at radius 2 is 2.00 bits per heavy atom. The Bertz CT molecular complexity index is 638. The van der Waals surface area contributed by atoms with Crippen LogP contribution in [0.1, 0.15) is 65.2 Å². The fourth-order valence-corrected chi connectivity index (χ4v) is 7.25. The summed E-state index contributed by atoms with van der Waals surface area (Å²) in [6.07, 6.45) is 8.01. The van der Waals surface area contributed by atoms with E-state index in [1.807, 2.05) is 6.08 Å². The molecule has 0 unspecified atom stereocenters. The molecule has 0 aliphatic heterocycles. The van der Waals surface area contributed by atoms with Crippen LogP contribution in [0.25, 0.3) is 0 Å². The maximum atomic E-state index is 11.9. The molecule has 4 aliphatic carbocycles. The second-order valence-electron chi connectivity index (χ2n) is 9.54. The summed E-state index contributed by atoms with van der Waals surface area (Å²) in [6.45, 7) is 4.53. The third kappa shape index (κ3) is 2.43. The van der Waals surface area contributed by atoms with Crippen LogP contribution in [0.15, 0.2) is 11.6 Å². The van der Waals surface area contributed by atoms with E-state index in [0.717, 1.165) is 32.1 Å². The summed E-state index contributed by atoms with van der Waals surface area (Å²) < 4.78 is 0. The lowest BCUT2D eigenvalue weighted by molar-refractivity contribution is -0.140. The molecule has 3 fully saturated rings. The predicted molar refractivity (Wildman–Crippen MR) is 93.8 cm³/mol. The SMILES string of the molecule is C[C@]12CC[C@H]3[C@@H](CCC4=CC(=O)CC[C@@]43C)[C@@H]1[C@H](CC(=O)O)C[C@@H]2O. The minimum Gasteiger partial charge on any atom is -0.481 e. The average molecular weight is 346 g/mol. The van der Waals surface area contributed by atoms with E-state index >= 15 is 0 Å². The number of carboxylic acids is 1. The van der Waals surface area contributed by atoms with Crippen LogP contribution in [-0.2, 0) is 9.59 Å². The Labute approximate surface area is 149 Å². The topological polar surface area (TPSA) is 74.6 Å². The van der Waals surface area contributed by atoms with Gasteiger partial charge in [-0.15, -0.1) is 0 Å². The highest BCUT2D eigenvalue weighted by Crippen LogP contribution is 2.66. The Balaban J connectivity index is 1.69. The lowest BCUT2D eigenvalue weighted by Crippen LogP contribution is -2.52.